The van der Waals surface area contributed by atoms with Gasteiger partial charge < -0.3 is 15.3 Å². The van der Waals surface area contributed by atoms with Gasteiger partial charge >= 0.3 is 0 Å². The van der Waals surface area contributed by atoms with E-state index in [2.05, 4.69) is 10.2 Å². The number of aliphatic hydroxyl groups is 1. The maximum Gasteiger partial charge on any atom is 0.0917 e. The van der Waals surface area contributed by atoms with Gasteiger partial charge in [-0.05, 0) is 25.1 Å². The number of benzene rings is 1. The standard InChI is InChI=1S/C12H17ClN2O/c1-12(16)8-14-5-6-15(9-12)11-4-2-3-10(13)7-11/h2-4,7,14,16H,5-6,8-9H2,1H3. The highest BCUT2D eigenvalue weighted by atomic mass is 35.5. The van der Waals surface area contributed by atoms with Crippen molar-refractivity contribution in [3.8, 4) is 0 Å². The Morgan fingerprint density at radius 3 is 3.06 bits per heavy atom. The number of β-amino-alcohol motifs (C(OH)–C–C–N with tert-alkyl or cyclic N) is 1. The highest BCUT2D eigenvalue weighted by Crippen LogP contribution is 2.21. The van der Waals surface area contributed by atoms with Crippen molar-refractivity contribution >= 4 is 17.3 Å². The Kier molecular flexibility index (Phi) is 3.38. The number of hydrogen-bond donors (Lipinski definition) is 2. The quantitative estimate of drug-likeness (QED) is 0.781. The van der Waals surface area contributed by atoms with Crippen molar-refractivity contribution in [3.05, 3.63) is 29.3 Å². The summed E-state index contributed by atoms with van der Waals surface area (Å²) in [6.07, 6.45) is 0. The van der Waals surface area contributed by atoms with E-state index >= 15 is 0 Å². The minimum Gasteiger partial charge on any atom is -0.387 e. The predicted octanol–water partition coefficient (Wildman–Crippen LogP) is 1.50. The van der Waals surface area contributed by atoms with Crippen molar-refractivity contribution in [2.24, 2.45) is 0 Å². The molecule has 1 unspecified atom stereocenters. The maximum atomic E-state index is 10.1. The molecule has 1 atom stereocenters. The molecule has 1 fully saturated rings. The van der Waals surface area contributed by atoms with E-state index in [0.717, 1.165) is 23.8 Å². The summed E-state index contributed by atoms with van der Waals surface area (Å²) in [7, 11) is 0. The van der Waals surface area contributed by atoms with Crippen molar-refractivity contribution in [1.82, 2.24) is 5.32 Å². The average Bonchev–Trinajstić information content (AvgIpc) is 2.39. The van der Waals surface area contributed by atoms with E-state index in [1.54, 1.807) is 0 Å². The lowest BCUT2D eigenvalue weighted by molar-refractivity contribution is 0.0729. The summed E-state index contributed by atoms with van der Waals surface area (Å²) in [6.45, 7) is 4.87. The smallest absolute Gasteiger partial charge is 0.0917 e. The highest BCUT2D eigenvalue weighted by molar-refractivity contribution is 6.30. The Morgan fingerprint density at radius 1 is 1.50 bits per heavy atom. The van der Waals surface area contributed by atoms with Gasteiger partial charge in [-0.3, -0.25) is 0 Å². The summed E-state index contributed by atoms with van der Waals surface area (Å²) in [5.74, 6) is 0. The molecule has 1 aliphatic rings. The zero-order valence-corrected chi connectivity index (χ0v) is 10.2. The van der Waals surface area contributed by atoms with E-state index in [0.29, 0.717) is 13.1 Å². The van der Waals surface area contributed by atoms with E-state index in [1.165, 1.54) is 0 Å². The van der Waals surface area contributed by atoms with E-state index in [9.17, 15) is 5.11 Å². The molecular formula is C12H17ClN2O. The van der Waals surface area contributed by atoms with Crippen LogP contribution in [0, 0.1) is 0 Å². The van der Waals surface area contributed by atoms with Crippen molar-refractivity contribution in [3.63, 3.8) is 0 Å². The molecule has 1 heterocycles. The lowest BCUT2D eigenvalue weighted by Crippen LogP contribution is -2.43. The largest absolute Gasteiger partial charge is 0.387 e. The molecule has 1 aromatic rings. The molecule has 0 aliphatic carbocycles. The molecule has 1 aliphatic heterocycles. The Bertz CT molecular complexity index is 368. The van der Waals surface area contributed by atoms with Gasteiger partial charge in [0.15, 0.2) is 0 Å². The van der Waals surface area contributed by atoms with Gasteiger partial charge in [-0.15, -0.1) is 0 Å². The Hall–Kier alpha value is -0.770. The molecule has 88 valence electrons. The second-order valence-electron chi connectivity index (χ2n) is 4.58. The summed E-state index contributed by atoms with van der Waals surface area (Å²) in [6, 6.07) is 7.75. The molecule has 4 heteroatoms. The lowest BCUT2D eigenvalue weighted by atomic mass is 10.1. The fraction of sp³-hybridized carbons (Fsp3) is 0.500. The highest BCUT2D eigenvalue weighted by Gasteiger charge is 2.26. The Balaban J connectivity index is 2.19. The molecule has 2 N–H and O–H groups in total. The molecule has 0 spiro atoms. The van der Waals surface area contributed by atoms with Gasteiger partial charge in [-0.1, -0.05) is 17.7 Å². The summed E-state index contributed by atoms with van der Waals surface area (Å²) < 4.78 is 0. The van der Waals surface area contributed by atoms with Crippen LogP contribution >= 0.6 is 11.6 Å². The van der Waals surface area contributed by atoms with Crippen molar-refractivity contribution in [2.75, 3.05) is 31.1 Å². The second kappa shape index (κ2) is 4.62. The zero-order valence-electron chi connectivity index (χ0n) is 9.41. The molecular weight excluding hydrogens is 224 g/mol. The summed E-state index contributed by atoms with van der Waals surface area (Å²) in [5, 5.41) is 14.1. The van der Waals surface area contributed by atoms with Crippen molar-refractivity contribution in [1.29, 1.82) is 0 Å². The number of nitrogens with zero attached hydrogens (tertiary/aromatic N) is 1. The topological polar surface area (TPSA) is 35.5 Å². The second-order valence-corrected chi connectivity index (χ2v) is 5.01. The number of hydrogen-bond acceptors (Lipinski definition) is 3. The number of anilines is 1. The molecule has 0 aromatic heterocycles. The van der Waals surface area contributed by atoms with Crippen LogP contribution < -0.4 is 10.2 Å². The van der Waals surface area contributed by atoms with Gasteiger partial charge in [0.2, 0.25) is 0 Å². The maximum absolute atomic E-state index is 10.1. The van der Waals surface area contributed by atoms with Crippen LogP contribution in [0.5, 0.6) is 0 Å². The molecule has 2 rings (SSSR count). The molecule has 0 bridgehead atoms. The van der Waals surface area contributed by atoms with E-state index < -0.39 is 5.60 Å². The summed E-state index contributed by atoms with van der Waals surface area (Å²) >= 11 is 5.97. The van der Waals surface area contributed by atoms with Crippen LogP contribution in [0.25, 0.3) is 0 Å². The monoisotopic (exact) mass is 240 g/mol. The first-order chi connectivity index (χ1) is 7.57. The minimum atomic E-state index is -0.696. The zero-order chi connectivity index (χ0) is 11.6. The van der Waals surface area contributed by atoms with Crippen LogP contribution in [-0.4, -0.2) is 36.9 Å². The van der Waals surface area contributed by atoms with Crippen LogP contribution in [0.15, 0.2) is 24.3 Å². The van der Waals surface area contributed by atoms with Gasteiger partial charge in [0.25, 0.3) is 0 Å². The third-order valence-corrected chi connectivity index (χ3v) is 3.00. The molecule has 16 heavy (non-hydrogen) atoms. The van der Waals surface area contributed by atoms with Crippen molar-refractivity contribution < 1.29 is 5.11 Å². The van der Waals surface area contributed by atoms with Crippen LogP contribution in [0.2, 0.25) is 5.02 Å². The average molecular weight is 241 g/mol. The van der Waals surface area contributed by atoms with Crippen LogP contribution in [-0.2, 0) is 0 Å². The predicted molar refractivity (Wildman–Crippen MR) is 67.2 cm³/mol. The fourth-order valence-electron chi connectivity index (χ4n) is 2.01. The van der Waals surface area contributed by atoms with E-state index in [1.807, 2.05) is 31.2 Å². The fourth-order valence-corrected chi connectivity index (χ4v) is 2.20. The molecule has 0 radical (unpaired) electrons. The lowest BCUT2D eigenvalue weighted by Gasteiger charge is -2.29. The third-order valence-electron chi connectivity index (χ3n) is 2.77. The van der Waals surface area contributed by atoms with Gasteiger partial charge in [-0.2, -0.15) is 0 Å². The van der Waals surface area contributed by atoms with Gasteiger partial charge in [0.05, 0.1) is 5.60 Å². The molecule has 1 saturated heterocycles. The van der Waals surface area contributed by atoms with E-state index in [-0.39, 0.29) is 0 Å². The Morgan fingerprint density at radius 2 is 2.31 bits per heavy atom. The van der Waals surface area contributed by atoms with Gasteiger partial charge in [0.1, 0.15) is 0 Å². The van der Waals surface area contributed by atoms with E-state index in [4.69, 9.17) is 11.6 Å². The normalized spacial score (nSPS) is 26.6. The van der Waals surface area contributed by atoms with Crippen LogP contribution in [0.4, 0.5) is 5.69 Å². The molecule has 3 nitrogen and oxygen atoms in total. The van der Waals surface area contributed by atoms with Crippen LogP contribution in [0.3, 0.4) is 0 Å². The first-order valence-electron chi connectivity index (χ1n) is 5.50. The molecule has 0 amide bonds. The first-order valence-corrected chi connectivity index (χ1v) is 5.88. The van der Waals surface area contributed by atoms with Crippen molar-refractivity contribution in [2.45, 2.75) is 12.5 Å². The third kappa shape index (κ3) is 2.88. The minimum absolute atomic E-state index is 0.625. The summed E-state index contributed by atoms with van der Waals surface area (Å²) in [5.41, 5.74) is 0.371. The number of halogens is 1. The molecule has 0 saturated carbocycles. The van der Waals surface area contributed by atoms with Crippen LogP contribution in [0.1, 0.15) is 6.92 Å². The van der Waals surface area contributed by atoms with Gasteiger partial charge in [0, 0.05) is 36.9 Å². The number of nitrogens with one attached hydrogen (secondary N) is 1. The van der Waals surface area contributed by atoms with Gasteiger partial charge in [-0.25, -0.2) is 0 Å². The molecule has 1 aromatic carbocycles. The Labute approximate surface area is 101 Å². The number of rotatable bonds is 1. The first kappa shape index (κ1) is 11.7. The SMILES string of the molecule is CC1(O)CNCCN(c2cccc(Cl)c2)C1. The summed E-state index contributed by atoms with van der Waals surface area (Å²) in [4.78, 5) is 2.16.